The van der Waals surface area contributed by atoms with Gasteiger partial charge in [-0.3, -0.25) is 14.5 Å². The van der Waals surface area contributed by atoms with Gasteiger partial charge in [0.25, 0.3) is 0 Å². The monoisotopic (exact) mass is 468 g/mol. The molecule has 1 aliphatic heterocycles. The quantitative estimate of drug-likeness (QED) is 0.476. The number of nitrogens with zero attached hydrogens (tertiary/aromatic N) is 4. The Hall–Kier alpha value is -2.68. The maximum Gasteiger partial charge on any atom is 0.249 e. The van der Waals surface area contributed by atoms with Crippen LogP contribution >= 0.6 is 0 Å². The molecule has 184 valence electrons. The van der Waals surface area contributed by atoms with Gasteiger partial charge in [0, 0.05) is 57.8 Å². The summed E-state index contributed by atoms with van der Waals surface area (Å²) in [6.45, 7) is 5.77. The highest BCUT2D eigenvalue weighted by molar-refractivity contribution is 5.85. The first-order chi connectivity index (χ1) is 16.6. The first-order valence-electron chi connectivity index (χ1n) is 12.2. The Bertz CT molecular complexity index is 922. The van der Waals surface area contributed by atoms with E-state index < -0.39 is 0 Å². The van der Waals surface area contributed by atoms with Gasteiger partial charge < -0.3 is 23.8 Å². The van der Waals surface area contributed by atoms with E-state index >= 15 is 0 Å². The normalized spacial score (nSPS) is 16.4. The molecule has 0 unspecified atom stereocenters. The van der Waals surface area contributed by atoms with Crippen LogP contribution in [0.15, 0.2) is 48.7 Å². The number of ether oxygens (including phenoxy) is 2. The van der Waals surface area contributed by atoms with Crippen molar-refractivity contribution in [3.05, 3.63) is 59.9 Å². The number of methoxy groups -OCH3 is 1. The van der Waals surface area contributed by atoms with Crippen molar-refractivity contribution in [3.8, 4) is 0 Å². The lowest BCUT2D eigenvalue weighted by molar-refractivity contribution is -0.143. The Morgan fingerprint density at radius 1 is 1.06 bits per heavy atom. The molecule has 0 radical (unpaired) electrons. The number of hydrogen-bond acceptors (Lipinski definition) is 5. The molecular formula is C26H36N4O4. The SMILES string of the molecule is COCC(=O)N(CCN1CCOCC1)CC(=O)N(Cc1cccn1Cc1ccccc1)C1CC1. The minimum absolute atomic E-state index is 0.00129. The first kappa shape index (κ1) is 24.4. The molecule has 2 fully saturated rings. The summed E-state index contributed by atoms with van der Waals surface area (Å²) in [6.07, 6.45) is 4.10. The summed E-state index contributed by atoms with van der Waals surface area (Å²) in [4.78, 5) is 32.0. The summed E-state index contributed by atoms with van der Waals surface area (Å²) in [5.74, 6) is -0.145. The molecule has 34 heavy (non-hydrogen) atoms. The van der Waals surface area contributed by atoms with Crippen molar-refractivity contribution >= 4 is 11.8 Å². The number of amides is 2. The molecule has 2 heterocycles. The lowest BCUT2D eigenvalue weighted by Gasteiger charge is -2.31. The molecule has 8 nitrogen and oxygen atoms in total. The van der Waals surface area contributed by atoms with Gasteiger partial charge in [-0.2, -0.15) is 0 Å². The average molecular weight is 469 g/mol. The van der Waals surface area contributed by atoms with Crippen molar-refractivity contribution in [2.24, 2.45) is 0 Å². The second kappa shape index (κ2) is 12.1. The summed E-state index contributed by atoms with van der Waals surface area (Å²) in [5, 5.41) is 0. The molecule has 0 atom stereocenters. The Balaban J connectivity index is 1.40. The molecular weight excluding hydrogens is 432 g/mol. The molecule has 0 bridgehead atoms. The van der Waals surface area contributed by atoms with Crippen molar-refractivity contribution in [1.29, 1.82) is 0 Å². The maximum absolute atomic E-state index is 13.4. The summed E-state index contributed by atoms with van der Waals surface area (Å²) in [5.41, 5.74) is 2.33. The average Bonchev–Trinajstić information content (AvgIpc) is 3.61. The molecule has 4 rings (SSSR count). The van der Waals surface area contributed by atoms with Crippen LogP contribution in [0.5, 0.6) is 0 Å². The van der Waals surface area contributed by atoms with E-state index in [4.69, 9.17) is 9.47 Å². The van der Waals surface area contributed by atoms with Gasteiger partial charge in [-0.05, 0) is 30.5 Å². The second-order valence-electron chi connectivity index (χ2n) is 9.07. The number of aromatic nitrogens is 1. The van der Waals surface area contributed by atoms with Crippen LogP contribution in [-0.2, 0) is 32.2 Å². The van der Waals surface area contributed by atoms with Gasteiger partial charge in [-0.15, -0.1) is 0 Å². The van der Waals surface area contributed by atoms with Crippen LogP contribution < -0.4 is 0 Å². The van der Waals surface area contributed by atoms with Crippen molar-refractivity contribution in [2.75, 3.05) is 59.7 Å². The molecule has 1 aliphatic carbocycles. The molecule has 1 saturated heterocycles. The van der Waals surface area contributed by atoms with E-state index in [0.717, 1.165) is 44.7 Å². The van der Waals surface area contributed by atoms with Crippen LogP contribution in [0.1, 0.15) is 24.1 Å². The molecule has 1 aromatic heterocycles. The third-order valence-corrected chi connectivity index (χ3v) is 6.50. The van der Waals surface area contributed by atoms with E-state index in [9.17, 15) is 9.59 Å². The van der Waals surface area contributed by atoms with Crippen molar-refractivity contribution in [1.82, 2.24) is 19.3 Å². The minimum Gasteiger partial charge on any atom is -0.379 e. The zero-order valence-electron chi connectivity index (χ0n) is 20.1. The highest BCUT2D eigenvalue weighted by Crippen LogP contribution is 2.29. The van der Waals surface area contributed by atoms with Crippen LogP contribution in [0.2, 0.25) is 0 Å². The fraction of sp³-hybridized carbons (Fsp3) is 0.538. The van der Waals surface area contributed by atoms with E-state index in [2.05, 4.69) is 33.9 Å². The van der Waals surface area contributed by atoms with Crippen molar-refractivity contribution in [2.45, 2.75) is 32.0 Å². The molecule has 2 aliphatic rings. The molecule has 1 saturated carbocycles. The molecule has 2 aromatic rings. The lowest BCUT2D eigenvalue weighted by Crippen LogP contribution is -2.48. The highest BCUT2D eigenvalue weighted by atomic mass is 16.5. The highest BCUT2D eigenvalue weighted by Gasteiger charge is 2.34. The number of rotatable bonds is 12. The molecule has 0 spiro atoms. The van der Waals surface area contributed by atoms with E-state index in [0.29, 0.717) is 26.3 Å². The number of morpholine rings is 1. The third-order valence-electron chi connectivity index (χ3n) is 6.50. The second-order valence-corrected chi connectivity index (χ2v) is 9.07. The van der Waals surface area contributed by atoms with Crippen LogP contribution in [0, 0.1) is 0 Å². The third kappa shape index (κ3) is 6.91. The van der Waals surface area contributed by atoms with E-state index in [-0.39, 0.29) is 31.0 Å². The van der Waals surface area contributed by atoms with Gasteiger partial charge in [-0.25, -0.2) is 0 Å². The van der Waals surface area contributed by atoms with Gasteiger partial charge in [0.1, 0.15) is 6.61 Å². The largest absolute Gasteiger partial charge is 0.379 e. The Labute approximate surface area is 202 Å². The smallest absolute Gasteiger partial charge is 0.249 e. The van der Waals surface area contributed by atoms with Gasteiger partial charge in [-0.1, -0.05) is 30.3 Å². The van der Waals surface area contributed by atoms with Crippen LogP contribution in [0.3, 0.4) is 0 Å². The molecule has 8 heteroatoms. The Morgan fingerprint density at radius 3 is 2.53 bits per heavy atom. The molecule has 1 aromatic carbocycles. The zero-order valence-corrected chi connectivity index (χ0v) is 20.1. The van der Waals surface area contributed by atoms with Crippen LogP contribution in [0.4, 0.5) is 0 Å². The number of carbonyl (C=O) groups excluding carboxylic acids is 2. The van der Waals surface area contributed by atoms with E-state index in [1.807, 2.05) is 29.2 Å². The predicted molar refractivity (Wildman–Crippen MR) is 129 cm³/mol. The Kier molecular flexibility index (Phi) is 8.73. The van der Waals surface area contributed by atoms with Gasteiger partial charge in [0.05, 0.1) is 26.3 Å². The van der Waals surface area contributed by atoms with Gasteiger partial charge in [0.2, 0.25) is 11.8 Å². The van der Waals surface area contributed by atoms with E-state index in [1.165, 1.54) is 12.7 Å². The minimum atomic E-state index is -0.146. The number of hydrogen-bond donors (Lipinski definition) is 0. The zero-order chi connectivity index (χ0) is 23.8. The molecule has 2 amide bonds. The van der Waals surface area contributed by atoms with Gasteiger partial charge in [0.15, 0.2) is 0 Å². The fourth-order valence-electron chi connectivity index (χ4n) is 4.36. The van der Waals surface area contributed by atoms with Gasteiger partial charge >= 0.3 is 0 Å². The topological polar surface area (TPSA) is 67.2 Å². The van der Waals surface area contributed by atoms with Crippen molar-refractivity contribution < 1.29 is 19.1 Å². The number of carbonyl (C=O) groups is 2. The van der Waals surface area contributed by atoms with Crippen LogP contribution in [0.25, 0.3) is 0 Å². The maximum atomic E-state index is 13.4. The molecule has 0 N–H and O–H groups in total. The summed E-state index contributed by atoms with van der Waals surface area (Å²) in [7, 11) is 1.51. The Morgan fingerprint density at radius 2 is 1.82 bits per heavy atom. The van der Waals surface area contributed by atoms with Crippen molar-refractivity contribution in [3.63, 3.8) is 0 Å². The summed E-state index contributed by atoms with van der Waals surface area (Å²) >= 11 is 0. The lowest BCUT2D eigenvalue weighted by atomic mass is 10.2. The summed E-state index contributed by atoms with van der Waals surface area (Å²) < 4.78 is 12.7. The number of benzene rings is 1. The summed E-state index contributed by atoms with van der Waals surface area (Å²) in [6, 6.07) is 14.7. The van der Waals surface area contributed by atoms with E-state index in [1.54, 1.807) is 4.90 Å². The fourth-order valence-corrected chi connectivity index (χ4v) is 4.36. The first-order valence-corrected chi connectivity index (χ1v) is 12.2. The standard InChI is InChI=1S/C26H36N4O4/c1-33-21-26(32)29(13-12-27-14-16-34-17-15-27)20-25(31)30(23-9-10-23)19-24-8-5-11-28(24)18-22-6-3-2-4-7-22/h2-8,11,23H,9-10,12-21H2,1H3. The predicted octanol–water partition coefficient (Wildman–Crippen LogP) is 1.83. The van der Waals surface area contributed by atoms with Crippen LogP contribution in [-0.4, -0.2) is 96.8 Å².